The lowest BCUT2D eigenvalue weighted by Gasteiger charge is -2.26. The van der Waals surface area contributed by atoms with E-state index in [4.69, 9.17) is 4.42 Å². The number of para-hydroxylation sites is 3. The van der Waals surface area contributed by atoms with Gasteiger partial charge >= 0.3 is 0 Å². The summed E-state index contributed by atoms with van der Waals surface area (Å²) < 4.78 is 8.58. The Balaban J connectivity index is 0.931. The van der Waals surface area contributed by atoms with Crippen molar-refractivity contribution in [2.75, 3.05) is 4.90 Å². The summed E-state index contributed by atoms with van der Waals surface area (Å²) in [5, 5.41) is 4.82. The number of benzene rings is 9. The molecule has 0 N–H and O–H groups in total. The molecule has 0 saturated carbocycles. The third-order valence-corrected chi connectivity index (χ3v) is 11.2. The summed E-state index contributed by atoms with van der Waals surface area (Å²) in [7, 11) is 0. The molecule has 57 heavy (non-hydrogen) atoms. The maximum atomic E-state index is 6.22. The van der Waals surface area contributed by atoms with Crippen LogP contribution in [-0.4, -0.2) is 4.57 Å². The number of hydrogen-bond donors (Lipinski definition) is 0. The van der Waals surface area contributed by atoms with Crippen LogP contribution in [0.25, 0.3) is 82.8 Å². The van der Waals surface area contributed by atoms with E-state index in [0.29, 0.717) is 0 Å². The van der Waals surface area contributed by atoms with Crippen molar-refractivity contribution in [3.63, 3.8) is 0 Å². The number of fused-ring (bicyclic) bond motifs is 6. The molecule has 11 rings (SSSR count). The highest BCUT2D eigenvalue weighted by molar-refractivity contribution is 6.09. The van der Waals surface area contributed by atoms with Crippen LogP contribution in [0.15, 0.2) is 223 Å². The third kappa shape index (κ3) is 5.76. The van der Waals surface area contributed by atoms with Crippen molar-refractivity contribution in [3.05, 3.63) is 218 Å². The van der Waals surface area contributed by atoms with Gasteiger partial charge in [0.1, 0.15) is 11.2 Å². The van der Waals surface area contributed by atoms with Crippen LogP contribution in [0.4, 0.5) is 17.1 Å². The fraction of sp³-hybridized carbons (Fsp3) is 0. The zero-order valence-electron chi connectivity index (χ0n) is 31.1. The molecule has 0 aliphatic heterocycles. The van der Waals surface area contributed by atoms with Gasteiger partial charge in [-0.25, -0.2) is 0 Å². The van der Waals surface area contributed by atoms with E-state index in [-0.39, 0.29) is 0 Å². The molecule has 268 valence electrons. The lowest BCUT2D eigenvalue weighted by atomic mass is 10.0. The fourth-order valence-corrected chi connectivity index (χ4v) is 8.40. The lowest BCUT2D eigenvalue weighted by Crippen LogP contribution is -2.09. The van der Waals surface area contributed by atoms with Crippen LogP contribution in [0.5, 0.6) is 0 Å². The number of aromatic nitrogens is 1. The lowest BCUT2D eigenvalue weighted by molar-refractivity contribution is 0.669. The molecule has 0 spiro atoms. The second-order valence-corrected chi connectivity index (χ2v) is 14.6. The van der Waals surface area contributed by atoms with E-state index < -0.39 is 0 Å². The van der Waals surface area contributed by atoms with Crippen molar-refractivity contribution in [2.24, 2.45) is 0 Å². The molecule has 0 aliphatic carbocycles. The molecular formula is C54H36N2O. The van der Waals surface area contributed by atoms with Crippen molar-refractivity contribution >= 4 is 60.8 Å². The van der Waals surface area contributed by atoms with Gasteiger partial charge in [-0.15, -0.1) is 0 Å². The average molecular weight is 729 g/mol. The molecule has 0 fully saturated rings. The molecule has 0 unspecified atom stereocenters. The molecule has 9 aromatic carbocycles. The first-order valence-corrected chi connectivity index (χ1v) is 19.4. The molecule has 0 amide bonds. The van der Waals surface area contributed by atoms with Gasteiger partial charge in [-0.2, -0.15) is 0 Å². The Morgan fingerprint density at radius 1 is 0.298 bits per heavy atom. The van der Waals surface area contributed by atoms with E-state index in [2.05, 4.69) is 216 Å². The average Bonchev–Trinajstić information content (AvgIpc) is 3.83. The zero-order chi connectivity index (χ0) is 37.7. The van der Waals surface area contributed by atoms with Gasteiger partial charge < -0.3 is 13.9 Å². The van der Waals surface area contributed by atoms with Crippen molar-refractivity contribution in [1.29, 1.82) is 0 Å². The highest BCUT2D eigenvalue weighted by Gasteiger charge is 2.16. The molecule has 2 aromatic heterocycles. The molecule has 2 heterocycles. The van der Waals surface area contributed by atoms with Gasteiger partial charge in [0.2, 0.25) is 0 Å². The van der Waals surface area contributed by atoms with Crippen LogP contribution >= 0.6 is 0 Å². The van der Waals surface area contributed by atoms with E-state index in [1.165, 1.54) is 44.1 Å². The fourth-order valence-electron chi connectivity index (χ4n) is 8.40. The smallest absolute Gasteiger partial charge is 0.136 e. The van der Waals surface area contributed by atoms with Crippen LogP contribution in [0.3, 0.4) is 0 Å². The SMILES string of the molecule is c1ccc(-c2ccc(N(c3ccc(-c4ccc(-n5c6ccccc6c6ccccc65)cc4)cc3)c3ccc(-c4ccc5c(c4)oc4ccccc45)cc3)cc2)cc1. The Bertz CT molecular complexity index is 3140. The quantitative estimate of drug-likeness (QED) is 0.163. The maximum absolute atomic E-state index is 6.22. The number of nitrogens with zero attached hydrogens (tertiary/aromatic N) is 2. The molecule has 0 atom stereocenters. The van der Waals surface area contributed by atoms with Gasteiger partial charge in [0.15, 0.2) is 0 Å². The van der Waals surface area contributed by atoms with Gasteiger partial charge in [-0.3, -0.25) is 0 Å². The van der Waals surface area contributed by atoms with Gasteiger partial charge in [0.25, 0.3) is 0 Å². The summed E-state index contributed by atoms with van der Waals surface area (Å²) in [4.78, 5) is 2.33. The number of rotatable bonds is 7. The summed E-state index contributed by atoms with van der Waals surface area (Å²) >= 11 is 0. The Kier molecular flexibility index (Phi) is 7.82. The first-order chi connectivity index (χ1) is 28.2. The van der Waals surface area contributed by atoms with Crippen molar-refractivity contribution in [1.82, 2.24) is 4.57 Å². The van der Waals surface area contributed by atoms with E-state index >= 15 is 0 Å². The van der Waals surface area contributed by atoms with Crippen LogP contribution in [0, 0.1) is 0 Å². The predicted octanol–water partition coefficient (Wildman–Crippen LogP) is 15.2. The molecule has 0 aliphatic rings. The summed E-state index contributed by atoms with van der Waals surface area (Å²) in [6, 6.07) is 78.1. The molecular weight excluding hydrogens is 693 g/mol. The van der Waals surface area contributed by atoms with Gasteiger partial charge in [-0.1, -0.05) is 140 Å². The number of furan rings is 1. The minimum atomic E-state index is 0.902. The highest BCUT2D eigenvalue weighted by Crippen LogP contribution is 2.39. The Labute approximate surface area is 330 Å². The highest BCUT2D eigenvalue weighted by atomic mass is 16.3. The predicted molar refractivity (Wildman–Crippen MR) is 239 cm³/mol. The Hall–Kier alpha value is -7.62. The minimum Gasteiger partial charge on any atom is -0.456 e. The van der Waals surface area contributed by atoms with Gasteiger partial charge in [0.05, 0.1) is 11.0 Å². The summed E-state index contributed by atoms with van der Waals surface area (Å²) in [5.74, 6) is 0. The van der Waals surface area contributed by atoms with Gasteiger partial charge in [-0.05, 0) is 112 Å². The maximum Gasteiger partial charge on any atom is 0.136 e. The zero-order valence-corrected chi connectivity index (χ0v) is 31.1. The largest absolute Gasteiger partial charge is 0.456 e. The molecule has 11 aromatic rings. The number of anilines is 3. The van der Waals surface area contributed by atoms with Crippen molar-refractivity contribution in [3.8, 4) is 39.1 Å². The van der Waals surface area contributed by atoms with Crippen molar-refractivity contribution in [2.45, 2.75) is 0 Å². The normalized spacial score (nSPS) is 11.5. The molecule has 0 saturated heterocycles. The minimum absolute atomic E-state index is 0.902. The summed E-state index contributed by atoms with van der Waals surface area (Å²) in [6.07, 6.45) is 0. The summed E-state index contributed by atoms with van der Waals surface area (Å²) in [6.45, 7) is 0. The van der Waals surface area contributed by atoms with Crippen molar-refractivity contribution < 1.29 is 4.42 Å². The summed E-state index contributed by atoms with van der Waals surface area (Å²) in [5.41, 5.74) is 15.7. The topological polar surface area (TPSA) is 21.3 Å². The first-order valence-electron chi connectivity index (χ1n) is 19.4. The van der Waals surface area contributed by atoms with E-state index in [1.807, 2.05) is 12.1 Å². The number of hydrogen-bond acceptors (Lipinski definition) is 2. The van der Waals surface area contributed by atoms with E-state index in [9.17, 15) is 0 Å². The van der Waals surface area contributed by atoms with Crippen LogP contribution < -0.4 is 4.90 Å². The Morgan fingerprint density at radius 2 is 0.702 bits per heavy atom. The standard InChI is InChI=1S/C54H36N2O/c1-2-10-37(11-3-1)38-18-27-43(28-19-38)55(45-31-24-41(25-32-45)42-26-35-50-49-14-6-9-17-53(49)57-54(50)36-42)44-29-20-39(21-30-44)40-22-33-46(34-23-40)56-51-15-7-4-12-47(51)48-13-5-8-16-52(48)56/h1-36H. The third-order valence-electron chi connectivity index (χ3n) is 11.2. The second-order valence-electron chi connectivity index (χ2n) is 14.6. The second kappa shape index (κ2) is 13.6. The molecule has 0 bridgehead atoms. The van der Waals surface area contributed by atoms with Crippen LogP contribution in [0.2, 0.25) is 0 Å². The Morgan fingerprint density at radius 3 is 1.26 bits per heavy atom. The molecule has 3 heteroatoms. The van der Waals surface area contributed by atoms with Crippen LogP contribution in [0.1, 0.15) is 0 Å². The monoisotopic (exact) mass is 728 g/mol. The van der Waals surface area contributed by atoms with Gasteiger partial charge in [0, 0.05) is 44.3 Å². The van der Waals surface area contributed by atoms with E-state index in [1.54, 1.807) is 0 Å². The molecule has 0 radical (unpaired) electrons. The van der Waals surface area contributed by atoms with E-state index in [0.717, 1.165) is 55.8 Å². The van der Waals surface area contributed by atoms with Crippen LogP contribution in [-0.2, 0) is 0 Å². The first kappa shape index (κ1) is 32.8. The molecule has 3 nitrogen and oxygen atoms in total.